The fraction of sp³-hybridized carbons (Fsp3) is 0.538. The Balaban J connectivity index is 1.16. The van der Waals surface area contributed by atoms with Crippen LogP contribution in [0.25, 0.3) is 11.2 Å². The van der Waals surface area contributed by atoms with Gasteiger partial charge in [-0.3, -0.25) is 4.79 Å². The number of amides is 1. The molecule has 5 heterocycles. The summed E-state index contributed by atoms with van der Waals surface area (Å²) in [6.07, 6.45) is 8.23. The second-order valence-corrected chi connectivity index (χ2v) is 9.79. The van der Waals surface area contributed by atoms with Gasteiger partial charge in [0.25, 0.3) is 0 Å². The highest BCUT2D eigenvalue weighted by atomic mass is 16.2. The molecule has 0 radical (unpaired) electrons. The van der Waals surface area contributed by atoms with Crippen molar-refractivity contribution in [2.75, 3.05) is 49.1 Å². The van der Waals surface area contributed by atoms with Crippen molar-refractivity contribution in [3.8, 4) is 0 Å². The second kappa shape index (κ2) is 9.24. The van der Waals surface area contributed by atoms with E-state index in [2.05, 4.69) is 53.5 Å². The van der Waals surface area contributed by atoms with Crippen LogP contribution in [-0.4, -0.2) is 69.6 Å². The normalized spacial score (nSPS) is 21.4. The number of piperidine rings is 1. The molecule has 6 rings (SSSR count). The average Bonchev–Trinajstić information content (AvgIpc) is 3.09. The topological polar surface area (TPSA) is 70.4 Å². The van der Waals surface area contributed by atoms with E-state index in [1.165, 1.54) is 24.9 Å². The van der Waals surface area contributed by atoms with Crippen LogP contribution in [0.2, 0.25) is 0 Å². The fourth-order valence-electron chi connectivity index (χ4n) is 5.81. The lowest BCUT2D eigenvalue weighted by Gasteiger charge is -2.40. The van der Waals surface area contributed by atoms with Gasteiger partial charge in [-0.25, -0.2) is 15.0 Å². The van der Waals surface area contributed by atoms with Gasteiger partial charge < -0.3 is 19.3 Å². The van der Waals surface area contributed by atoms with E-state index in [0.29, 0.717) is 12.5 Å². The number of aromatic nitrogens is 4. The summed E-state index contributed by atoms with van der Waals surface area (Å²) >= 11 is 0. The molecule has 2 fully saturated rings. The lowest BCUT2D eigenvalue weighted by Crippen LogP contribution is -2.52. The molecule has 8 nitrogen and oxygen atoms in total. The first-order valence-electron chi connectivity index (χ1n) is 12.8. The number of carbonyl (C=O) groups is 1. The molecular formula is C26H33N7O. The van der Waals surface area contributed by atoms with Gasteiger partial charge in [0.15, 0.2) is 17.0 Å². The number of para-hydroxylation sites is 1. The van der Waals surface area contributed by atoms with Gasteiger partial charge in [-0.1, -0.05) is 24.6 Å². The summed E-state index contributed by atoms with van der Waals surface area (Å²) < 4.78 is 2.28. The molecule has 1 aromatic carbocycles. The van der Waals surface area contributed by atoms with E-state index < -0.39 is 0 Å². The third kappa shape index (κ3) is 3.99. The lowest BCUT2D eigenvalue weighted by atomic mass is 9.96. The van der Waals surface area contributed by atoms with Gasteiger partial charge in [0.1, 0.15) is 12.2 Å². The summed E-state index contributed by atoms with van der Waals surface area (Å²) in [7, 11) is 0. The average molecular weight is 460 g/mol. The predicted molar refractivity (Wildman–Crippen MR) is 133 cm³/mol. The van der Waals surface area contributed by atoms with Crippen molar-refractivity contribution >= 4 is 28.6 Å². The molecule has 3 aromatic rings. The molecule has 34 heavy (non-hydrogen) atoms. The summed E-state index contributed by atoms with van der Waals surface area (Å²) in [4.78, 5) is 34.4. The molecule has 1 atom stereocenters. The van der Waals surface area contributed by atoms with Crippen molar-refractivity contribution in [1.82, 2.24) is 24.4 Å². The highest BCUT2D eigenvalue weighted by Crippen LogP contribution is 2.30. The van der Waals surface area contributed by atoms with Crippen LogP contribution < -0.4 is 9.80 Å². The SMILES string of the molecule is O=C([C@H]1CCCN(c2ncnc3c2nc2n3CCCCC2)C1)N1CCN(c2ccccc2)CC1. The molecule has 1 amide bonds. The minimum atomic E-state index is 0.0162. The smallest absolute Gasteiger partial charge is 0.227 e. The van der Waals surface area contributed by atoms with E-state index in [1.54, 1.807) is 6.33 Å². The number of carbonyl (C=O) groups excluding carboxylic acids is 1. The van der Waals surface area contributed by atoms with Crippen LogP contribution in [0.1, 0.15) is 37.9 Å². The minimum absolute atomic E-state index is 0.0162. The van der Waals surface area contributed by atoms with Crippen LogP contribution in [0, 0.1) is 5.92 Å². The van der Waals surface area contributed by atoms with Crippen molar-refractivity contribution in [2.45, 2.75) is 45.1 Å². The molecule has 178 valence electrons. The first kappa shape index (κ1) is 21.4. The number of hydrogen-bond donors (Lipinski definition) is 0. The monoisotopic (exact) mass is 459 g/mol. The summed E-state index contributed by atoms with van der Waals surface area (Å²) in [6, 6.07) is 10.5. The number of hydrogen-bond acceptors (Lipinski definition) is 6. The van der Waals surface area contributed by atoms with Gasteiger partial charge in [0, 0.05) is 57.9 Å². The number of nitrogens with zero attached hydrogens (tertiary/aromatic N) is 7. The minimum Gasteiger partial charge on any atom is -0.368 e. The van der Waals surface area contributed by atoms with Gasteiger partial charge in [-0.15, -0.1) is 0 Å². The van der Waals surface area contributed by atoms with Crippen molar-refractivity contribution < 1.29 is 4.79 Å². The number of benzene rings is 1. The van der Waals surface area contributed by atoms with E-state index in [0.717, 1.165) is 81.3 Å². The molecule has 0 aliphatic carbocycles. The van der Waals surface area contributed by atoms with Crippen LogP contribution in [0.15, 0.2) is 36.7 Å². The van der Waals surface area contributed by atoms with Crippen molar-refractivity contribution in [3.05, 3.63) is 42.5 Å². The van der Waals surface area contributed by atoms with Crippen LogP contribution in [0.5, 0.6) is 0 Å². The maximum absolute atomic E-state index is 13.5. The van der Waals surface area contributed by atoms with Crippen molar-refractivity contribution in [2.24, 2.45) is 5.92 Å². The zero-order valence-corrected chi connectivity index (χ0v) is 19.8. The summed E-state index contributed by atoms with van der Waals surface area (Å²) in [5.41, 5.74) is 3.10. The van der Waals surface area contributed by atoms with E-state index in [-0.39, 0.29) is 5.92 Å². The van der Waals surface area contributed by atoms with Gasteiger partial charge in [-0.05, 0) is 37.8 Å². The highest BCUT2D eigenvalue weighted by molar-refractivity contribution is 5.85. The molecule has 8 heteroatoms. The van der Waals surface area contributed by atoms with Gasteiger partial charge in [0.2, 0.25) is 5.91 Å². The van der Waals surface area contributed by atoms with Crippen LogP contribution >= 0.6 is 0 Å². The molecule has 2 saturated heterocycles. The Morgan fingerprint density at radius 1 is 0.853 bits per heavy atom. The number of rotatable bonds is 3. The zero-order chi connectivity index (χ0) is 22.9. The van der Waals surface area contributed by atoms with Crippen LogP contribution in [0.4, 0.5) is 11.5 Å². The number of anilines is 2. The van der Waals surface area contributed by atoms with E-state index in [4.69, 9.17) is 4.98 Å². The summed E-state index contributed by atoms with van der Waals surface area (Å²) in [6.45, 7) is 5.97. The quantitative estimate of drug-likeness (QED) is 0.599. The number of piperazine rings is 1. The molecule has 0 N–H and O–H groups in total. The molecule has 3 aliphatic heterocycles. The Morgan fingerprint density at radius 2 is 1.71 bits per heavy atom. The van der Waals surface area contributed by atoms with Gasteiger partial charge in [0.05, 0.1) is 5.92 Å². The zero-order valence-electron chi connectivity index (χ0n) is 19.8. The highest BCUT2D eigenvalue weighted by Gasteiger charge is 2.32. The van der Waals surface area contributed by atoms with Gasteiger partial charge in [-0.2, -0.15) is 0 Å². The van der Waals surface area contributed by atoms with Crippen molar-refractivity contribution in [1.29, 1.82) is 0 Å². The molecule has 0 unspecified atom stereocenters. The van der Waals surface area contributed by atoms with Crippen LogP contribution in [-0.2, 0) is 17.8 Å². The molecule has 0 saturated carbocycles. The molecule has 0 spiro atoms. The van der Waals surface area contributed by atoms with Crippen molar-refractivity contribution in [3.63, 3.8) is 0 Å². The Morgan fingerprint density at radius 3 is 2.56 bits per heavy atom. The predicted octanol–water partition coefficient (Wildman–Crippen LogP) is 3.12. The number of fused-ring (bicyclic) bond motifs is 3. The fourth-order valence-corrected chi connectivity index (χ4v) is 5.81. The Kier molecular flexibility index (Phi) is 5.81. The number of aryl methyl sites for hydroxylation is 2. The summed E-state index contributed by atoms with van der Waals surface area (Å²) in [5.74, 6) is 2.35. The second-order valence-electron chi connectivity index (χ2n) is 9.79. The van der Waals surface area contributed by atoms with Gasteiger partial charge >= 0.3 is 0 Å². The third-order valence-corrected chi connectivity index (χ3v) is 7.66. The standard InChI is InChI=1S/C26H33N7O/c34-26(31-16-14-30(15-17-31)21-9-3-1-4-10-21)20-8-7-12-32(18-20)24-23-25(28-19-27-24)33-13-6-2-5-11-22(33)29-23/h1,3-4,9-10,19-20H,2,5-8,11-18H2/t20-/m0/s1. The molecular weight excluding hydrogens is 426 g/mol. The number of imidazole rings is 1. The third-order valence-electron chi connectivity index (χ3n) is 7.66. The Hall–Kier alpha value is -3.16. The summed E-state index contributed by atoms with van der Waals surface area (Å²) in [5, 5.41) is 0. The molecule has 3 aliphatic rings. The van der Waals surface area contributed by atoms with E-state index >= 15 is 0 Å². The molecule has 0 bridgehead atoms. The molecule has 2 aromatic heterocycles. The van der Waals surface area contributed by atoms with Crippen LogP contribution in [0.3, 0.4) is 0 Å². The largest absolute Gasteiger partial charge is 0.368 e. The van der Waals surface area contributed by atoms with E-state index in [1.807, 2.05) is 6.07 Å². The first-order valence-corrected chi connectivity index (χ1v) is 12.8. The lowest BCUT2D eigenvalue weighted by molar-refractivity contribution is -0.136. The van der Waals surface area contributed by atoms with E-state index in [9.17, 15) is 4.79 Å². The Labute approximate surface area is 200 Å². The maximum atomic E-state index is 13.5. The maximum Gasteiger partial charge on any atom is 0.227 e. The Bertz CT molecular complexity index is 1150. The first-order chi connectivity index (χ1) is 16.8.